The third-order valence-corrected chi connectivity index (χ3v) is 2.36. The second kappa shape index (κ2) is 5.20. The summed E-state index contributed by atoms with van der Waals surface area (Å²) >= 11 is 5.89. The molecule has 78 valence electrons. The van der Waals surface area contributed by atoms with E-state index in [1.54, 1.807) is 20.3 Å². The van der Waals surface area contributed by atoms with E-state index in [2.05, 4.69) is 0 Å². The van der Waals surface area contributed by atoms with Gasteiger partial charge in [-0.15, -0.1) is 0 Å². The Morgan fingerprint density at radius 1 is 1.43 bits per heavy atom. The molecule has 1 aromatic rings. The summed E-state index contributed by atoms with van der Waals surface area (Å²) in [5.74, 6) is 0.639. The van der Waals surface area contributed by atoms with Crippen LogP contribution in [-0.4, -0.2) is 20.8 Å². The highest BCUT2D eigenvalue weighted by Gasteiger charge is 2.10. The first-order valence-corrected chi connectivity index (χ1v) is 4.67. The molecule has 0 aromatic heterocycles. The van der Waals surface area contributed by atoms with Crippen LogP contribution in [0.3, 0.4) is 0 Å². The normalized spacial score (nSPS) is 12.6. The molecule has 0 heterocycles. The number of hydrogen-bond donors (Lipinski definition) is 1. The van der Waals surface area contributed by atoms with Crippen molar-refractivity contribution in [2.45, 2.75) is 6.10 Å². The van der Waals surface area contributed by atoms with E-state index in [1.807, 2.05) is 12.1 Å². The Hall–Kier alpha value is -0.770. The van der Waals surface area contributed by atoms with Gasteiger partial charge in [0.05, 0.1) is 18.2 Å². The molecular weight excluding hydrogens is 202 g/mol. The Morgan fingerprint density at radius 2 is 2.14 bits per heavy atom. The number of methoxy groups -OCH3 is 2. The second-order valence-corrected chi connectivity index (χ2v) is 3.26. The lowest BCUT2D eigenvalue weighted by Gasteiger charge is -2.14. The van der Waals surface area contributed by atoms with Crippen LogP contribution >= 0.6 is 11.6 Å². The van der Waals surface area contributed by atoms with Gasteiger partial charge in [-0.3, -0.25) is 0 Å². The Bertz CT molecular complexity index is 300. The molecule has 0 aliphatic heterocycles. The van der Waals surface area contributed by atoms with Gasteiger partial charge in [-0.25, -0.2) is 0 Å². The van der Waals surface area contributed by atoms with Crippen molar-refractivity contribution in [1.82, 2.24) is 0 Å². The lowest BCUT2D eigenvalue weighted by Crippen LogP contribution is -2.14. The second-order valence-electron chi connectivity index (χ2n) is 2.85. The molecule has 0 unspecified atom stereocenters. The van der Waals surface area contributed by atoms with Gasteiger partial charge < -0.3 is 15.2 Å². The van der Waals surface area contributed by atoms with Gasteiger partial charge in [0.2, 0.25) is 0 Å². The zero-order valence-electron chi connectivity index (χ0n) is 8.29. The highest BCUT2D eigenvalue weighted by molar-refractivity contribution is 6.32. The molecular formula is C10H14ClNO2. The lowest BCUT2D eigenvalue weighted by atomic mass is 10.1. The Morgan fingerprint density at radius 3 is 2.64 bits per heavy atom. The van der Waals surface area contributed by atoms with E-state index in [9.17, 15) is 0 Å². The summed E-state index contributed by atoms with van der Waals surface area (Å²) in [7, 11) is 3.20. The monoisotopic (exact) mass is 215 g/mol. The van der Waals surface area contributed by atoms with Crippen molar-refractivity contribution in [3.05, 3.63) is 28.8 Å². The van der Waals surface area contributed by atoms with Crippen molar-refractivity contribution in [1.29, 1.82) is 0 Å². The van der Waals surface area contributed by atoms with Crippen LogP contribution in [0.5, 0.6) is 5.75 Å². The molecule has 14 heavy (non-hydrogen) atoms. The van der Waals surface area contributed by atoms with Crippen LogP contribution in [0.2, 0.25) is 5.02 Å². The molecule has 4 heteroatoms. The van der Waals surface area contributed by atoms with Gasteiger partial charge in [0.1, 0.15) is 5.75 Å². The van der Waals surface area contributed by atoms with Gasteiger partial charge in [0.15, 0.2) is 0 Å². The highest BCUT2D eigenvalue weighted by atomic mass is 35.5. The summed E-state index contributed by atoms with van der Waals surface area (Å²) in [5.41, 5.74) is 6.51. The molecule has 0 aliphatic carbocycles. The van der Waals surface area contributed by atoms with E-state index in [0.717, 1.165) is 5.56 Å². The average molecular weight is 216 g/mol. The van der Waals surface area contributed by atoms with Gasteiger partial charge in [0, 0.05) is 13.7 Å². The summed E-state index contributed by atoms with van der Waals surface area (Å²) < 4.78 is 10.3. The maximum absolute atomic E-state index is 5.89. The number of hydrogen-bond acceptors (Lipinski definition) is 3. The SMILES string of the molecule is COc1cc([C@H](CN)OC)ccc1Cl. The van der Waals surface area contributed by atoms with E-state index in [0.29, 0.717) is 17.3 Å². The standard InChI is InChI=1S/C10H14ClNO2/c1-13-9-5-7(3-4-8(9)11)10(6-12)14-2/h3-5,10H,6,12H2,1-2H3/t10-/m0/s1. The summed E-state index contributed by atoms with van der Waals surface area (Å²) in [6, 6.07) is 5.49. The first-order chi connectivity index (χ1) is 6.72. The topological polar surface area (TPSA) is 44.5 Å². The fraction of sp³-hybridized carbons (Fsp3) is 0.400. The van der Waals surface area contributed by atoms with Crippen molar-refractivity contribution in [2.75, 3.05) is 20.8 Å². The quantitative estimate of drug-likeness (QED) is 0.836. The lowest BCUT2D eigenvalue weighted by molar-refractivity contribution is 0.110. The number of rotatable bonds is 4. The minimum absolute atomic E-state index is 0.110. The fourth-order valence-electron chi connectivity index (χ4n) is 1.25. The van der Waals surface area contributed by atoms with Crippen LogP contribution in [0.1, 0.15) is 11.7 Å². The first-order valence-electron chi connectivity index (χ1n) is 4.29. The molecule has 0 radical (unpaired) electrons. The minimum atomic E-state index is -0.110. The van der Waals surface area contributed by atoms with Crippen molar-refractivity contribution in [3.63, 3.8) is 0 Å². The zero-order valence-corrected chi connectivity index (χ0v) is 9.04. The fourth-order valence-corrected chi connectivity index (χ4v) is 1.44. The number of halogens is 1. The van der Waals surface area contributed by atoms with E-state index >= 15 is 0 Å². The molecule has 0 saturated carbocycles. The van der Waals surface area contributed by atoms with Crippen molar-refractivity contribution < 1.29 is 9.47 Å². The minimum Gasteiger partial charge on any atom is -0.495 e. The number of ether oxygens (including phenoxy) is 2. The van der Waals surface area contributed by atoms with Crippen molar-refractivity contribution in [2.24, 2.45) is 5.73 Å². The van der Waals surface area contributed by atoms with Crippen LogP contribution in [0.15, 0.2) is 18.2 Å². The molecule has 3 nitrogen and oxygen atoms in total. The summed E-state index contributed by atoms with van der Waals surface area (Å²) in [6.45, 7) is 0.432. The Balaban J connectivity index is 2.98. The molecule has 1 aromatic carbocycles. The van der Waals surface area contributed by atoms with Crippen LogP contribution in [0.4, 0.5) is 0 Å². The largest absolute Gasteiger partial charge is 0.495 e. The van der Waals surface area contributed by atoms with E-state index < -0.39 is 0 Å². The molecule has 2 N–H and O–H groups in total. The summed E-state index contributed by atoms with van der Waals surface area (Å²) in [4.78, 5) is 0. The van der Waals surface area contributed by atoms with E-state index in [1.165, 1.54) is 0 Å². The first kappa shape index (κ1) is 11.3. The summed E-state index contributed by atoms with van der Waals surface area (Å²) in [5, 5.41) is 0.586. The predicted octanol–water partition coefficient (Wildman–Crippen LogP) is 1.99. The van der Waals surface area contributed by atoms with Crippen LogP contribution in [0.25, 0.3) is 0 Å². The summed E-state index contributed by atoms with van der Waals surface area (Å²) in [6.07, 6.45) is -0.110. The van der Waals surface area contributed by atoms with Gasteiger partial charge in [-0.1, -0.05) is 17.7 Å². The molecule has 0 spiro atoms. The maximum Gasteiger partial charge on any atom is 0.137 e. The van der Waals surface area contributed by atoms with Crippen LogP contribution in [-0.2, 0) is 4.74 Å². The van der Waals surface area contributed by atoms with Gasteiger partial charge in [-0.2, -0.15) is 0 Å². The Kier molecular flexibility index (Phi) is 4.20. The molecule has 0 amide bonds. The van der Waals surface area contributed by atoms with Gasteiger partial charge in [-0.05, 0) is 17.7 Å². The van der Waals surface area contributed by atoms with Gasteiger partial charge in [0.25, 0.3) is 0 Å². The van der Waals surface area contributed by atoms with Crippen molar-refractivity contribution >= 4 is 11.6 Å². The third kappa shape index (κ3) is 2.38. The molecule has 0 bridgehead atoms. The molecule has 1 atom stereocenters. The predicted molar refractivity (Wildman–Crippen MR) is 56.8 cm³/mol. The molecule has 1 rings (SSSR count). The molecule has 0 aliphatic rings. The van der Waals surface area contributed by atoms with E-state index in [-0.39, 0.29) is 6.10 Å². The van der Waals surface area contributed by atoms with E-state index in [4.69, 9.17) is 26.8 Å². The molecule has 0 fully saturated rings. The van der Waals surface area contributed by atoms with Crippen molar-refractivity contribution in [3.8, 4) is 5.75 Å². The zero-order chi connectivity index (χ0) is 10.6. The number of nitrogens with two attached hydrogens (primary N) is 1. The average Bonchev–Trinajstić information content (AvgIpc) is 2.22. The highest BCUT2D eigenvalue weighted by Crippen LogP contribution is 2.28. The number of benzene rings is 1. The van der Waals surface area contributed by atoms with Gasteiger partial charge >= 0.3 is 0 Å². The Labute approximate surface area is 88.8 Å². The van der Waals surface area contributed by atoms with Crippen LogP contribution < -0.4 is 10.5 Å². The third-order valence-electron chi connectivity index (χ3n) is 2.05. The maximum atomic E-state index is 5.89. The smallest absolute Gasteiger partial charge is 0.137 e. The molecule has 0 saturated heterocycles. The van der Waals surface area contributed by atoms with Crippen LogP contribution in [0, 0.1) is 0 Å².